The molecule has 0 unspecified atom stereocenters. The summed E-state index contributed by atoms with van der Waals surface area (Å²) < 4.78 is 12.2. The van der Waals surface area contributed by atoms with Gasteiger partial charge in [-0.2, -0.15) is 0 Å². The molecule has 0 aromatic heterocycles. The normalized spacial score (nSPS) is 12.7. The monoisotopic (exact) mass is 564 g/mol. The number of methoxy groups -OCH3 is 1. The van der Waals surface area contributed by atoms with Crippen LogP contribution in [0.1, 0.15) is 31.8 Å². The van der Waals surface area contributed by atoms with Gasteiger partial charge < -0.3 is 9.47 Å². The molecule has 1 aliphatic rings. The molecule has 1 aliphatic carbocycles. The van der Waals surface area contributed by atoms with E-state index in [2.05, 4.69) is 22.6 Å². The summed E-state index contributed by atoms with van der Waals surface area (Å²) >= 11 is 14.2. The molecule has 0 radical (unpaired) electrons. The molecule has 156 valence electrons. The minimum atomic E-state index is -0.269. The zero-order valence-corrected chi connectivity index (χ0v) is 19.9. The lowest BCUT2D eigenvalue weighted by atomic mass is 10.1. The number of allylic oxidation sites excluding steroid dienone is 1. The van der Waals surface area contributed by atoms with Crippen LogP contribution in [0.25, 0.3) is 6.08 Å². The third-order valence-corrected chi connectivity index (χ3v) is 6.38. The minimum Gasteiger partial charge on any atom is -0.493 e. The van der Waals surface area contributed by atoms with Crippen molar-refractivity contribution in [3.8, 4) is 11.5 Å². The summed E-state index contributed by atoms with van der Waals surface area (Å²) in [6.07, 6.45) is 1.60. The highest BCUT2D eigenvalue weighted by atomic mass is 127. The van der Waals surface area contributed by atoms with E-state index in [-0.39, 0.29) is 23.7 Å². The SMILES string of the molecule is COc1cc(C=C2C(=O)c3ccccc3C2=O)cc(I)c1OCc1ccc(Cl)c(Cl)c1. The van der Waals surface area contributed by atoms with E-state index in [9.17, 15) is 9.59 Å². The van der Waals surface area contributed by atoms with Gasteiger partial charge in [0.2, 0.25) is 0 Å². The average molecular weight is 565 g/mol. The van der Waals surface area contributed by atoms with E-state index in [1.807, 2.05) is 12.1 Å². The van der Waals surface area contributed by atoms with Crippen LogP contribution in [-0.4, -0.2) is 18.7 Å². The molecule has 0 saturated heterocycles. The average Bonchev–Trinajstić information content (AvgIpc) is 3.00. The molecule has 0 spiro atoms. The van der Waals surface area contributed by atoms with Crippen LogP contribution in [0.15, 0.2) is 60.2 Å². The van der Waals surface area contributed by atoms with Crippen LogP contribution in [0.4, 0.5) is 0 Å². The maximum Gasteiger partial charge on any atom is 0.197 e. The van der Waals surface area contributed by atoms with Crippen LogP contribution in [0.2, 0.25) is 10.0 Å². The number of benzene rings is 3. The molecule has 0 saturated carbocycles. The Balaban J connectivity index is 1.62. The fraction of sp³-hybridized carbons (Fsp3) is 0.0833. The summed E-state index contributed by atoms with van der Waals surface area (Å²) in [5.41, 5.74) is 2.54. The van der Waals surface area contributed by atoms with E-state index in [1.54, 1.807) is 48.5 Å². The summed E-state index contributed by atoms with van der Waals surface area (Å²) in [5, 5.41) is 0.937. The van der Waals surface area contributed by atoms with Crippen molar-refractivity contribution in [1.29, 1.82) is 0 Å². The van der Waals surface area contributed by atoms with Gasteiger partial charge >= 0.3 is 0 Å². The second-order valence-corrected chi connectivity index (χ2v) is 8.81. The molecule has 0 amide bonds. The highest BCUT2D eigenvalue weighted by molar-refractivity contribution is 14.1. The van der Waals surface area contributed by atoms with Crippen molar-refractivity contribution < 1.29 is 19.1 Å². The molecule has 4 rings (SSSR count). The van der Waals surface area contributed by atoms with Gasteiger partial charge in [-0.3, -0.25) is 9.59 Å². The molecule has 7 heteroatoms. The lowest BCUT2D eigenvalue weighted by molar-refractivity contribution is 0.0990. The second-order valence-electron chi connectivity index (χ2n) is 6.83. The van der Waals surface area contributed by atoms with Crippen LogP contribution in [0, 0.1) is 3.57 Å². The van der Waals surface area contributed by atoms with Crippen molar-refractivity contribution in [2.45, 2.75) is 6.61 Å². The Hall–Kier alpha value is -2.35. The topological polar surface area (TPSA) is 52.6 Å². The lowest BCUT2D eigenvalue weighted by Crippen LogP contribution is -2.02. The van der Waals surface area contributed by atoms with Crippen molar-refractivity contribution >= 4 is 63.4 Å². The van der Waals surface area contributed by atoms with Gasteiger partial charge in [-0.1, -0.05) is 53.5 Å². The molecule has 0 fully saturated rings. The zero-order chi connectivity index (χ0) is 22.1. The standard InChI is InChI=1S/C24H15Cl2IO4/c1-30-21-11-14(8-17-22(28)15-4-2-3-5-16(15)23(17)29)10-20(27)24(21)31-12-13-6-7-18(25)19(26)9-13/h2-11H,12H2,1H3. The van der Waals surface area contributed by atoms with Gasteiger partial charge in [-0.15, -0.1) is 0 Å². The third-order valence-electron chi connectivity index (χ3n) is 4.84. The van der Waals surface area contributed by atoms with Gasteiger partial charge in [0.25, 0.3) is 0 Å². The van der Waals surface area contributed by atoms with Gasteiger partial charge in [-0.05, 0) is 64.1 Å². The Kier molecular flexibility index (Phi) is 6.36. The number of hydrogen-bond donors (Lipinski definition) is 0. The highest BCUT2D eigenvalue weighted by Crippen LogP contribution is 2.36. The molecule has 4 nitrogen and oxygen atoms in total. The Labute approximate surface area is 202 Å². The Morgan fingerprint density at radius 2 is 1.61 bits per heavy atom. The number of Topliss-reactive ketones (excluding diaryl/α,β-unsaturated/α-hetero) is 2. The highest BCUT2D eigenvalue weighted by Gasteiger charge is 2.32. The van der Waals surface area contributed by atoms with Crippen molar-refractivity contribution in [2.24, 2.45) is 0 Å². The van der Waals surface area contributed by atoms with Gasteiger partial charge in [0.1, 0.15) is 6.61 Å². The first kappa shape index (κ1) is 21.9. The van der Waals surface area contributed by atoms with Gasteiger partial charge in [0, 0.05) is 11.1 Å². The van der Waals surface area contributed by atoms with Crippen LogP contribution < -0.4 is 9.47 Å². The predicted octanol–water partition coefficient (Wildman–Crippen LogP) is 6.65. The summed E-state index contributed by atoms with van der Waals surface area (Å²) in [4.78, 5) is 25.3. The smallest absolute Gasteiger partial charge is 0.197 e. The molecule has 3 aromatic rings. The van der Waals surface area contributed by atoms with Crippen molar-refractivity contribution in [3.63, 3.8) is 0 Å². The van der Waals surface area contributed by atoms with E-state index in [0.29, 0.717) is 38.2 Å². The van der Waals surface area contributed by atoms with Crippen molar-refractivity contribution in [2.75, 3.05) is 7.11 Å². The van der Waals surface area contributed by atoms with Gasteiger partial charge in [0.05, 0.1) is 26.3 Å². The Bertz CT molecular complexity index is 1210. The number of rotatable bonds is 5. The number of hydrogen-bond acceptors (Lipinski definition) is 4. The number of carbonyl (C=O) groups excluding carboxylic acids is 2. The number of fused-ring (bicyclic) bond motifs is 1. The van der Waals surface area contributed by atoms with Crippen molar-refractivity contribution in [3.05, 3.63) is 96.0 Å². The first-order valence-electron chi connectivity index (χ1n) is 9.23. The molecule has 0 heterocycles. The molecule has 0 atom stereocenters. The quantitative estimate of drug-likeness (QED) is 0.198. The van der Waals surface area contributed by atoms with Crippen LogP contribution >= 0.6 is 45.8 Å². The minimum absolute atomic E-state index is 0.142. The number of ketones is 2. The van der Waals surface area contributed by atoms with E-state index in [4.69, 9.17) is 32.7 Å². The second kappa shape index (κ2) is 9.02. The largest absolute Gasteiger partial charge is 0.493 e. The summed E-state index contributed by atoms with van der Waals surface area (Å²) in [7, 11) is 1.54. The molecule has 0 bridgehead atoms. The van der Waals surface area contributed by atoms with Crippen LogP contribution in [0.3, 0.4) is 0 Å². The maximum absolute atomic E-state index is 12.7. The number of ether oxygens (including phenoxy) is 2. The fourth-order valence-corrected chi connectivity index (χ4v) is 4.42. The molecular formula is C24H15Cl2IO4. The first-order chi connectivity index (χ1) is 14.9. The molecule has 31 heavy (non-hydrogen) atoms. The van der Waals surface area contributed by atoms with E-state index in [1.165, 1.54) is 7.11 Å². The number of halogens is 3. The summed E-state index contributed by atoms with van der Waals surface area (Å²) in [6, 6.07) is 15.7. The third kappa shape index (κ3) is 4.35. The van der Waals surface area contributed by atoms with E-state index >= 15 is 0 Å². The van der Waals surface area contributed by atoms with Crippen LogP contribution in [-0.2, 0) is 6.61 Å². The summed E-state index contributed by atoms with van der Waals surface area (Å²) in [5.74, 6) is 0.516. The Morgan fingerprint density at radius 3 is 2.23 bits per heavy atom. The molecule has 3 aromatic carbocycles. The predicted molar refractivity (Wildman–Crippen MR) is 130 cm³/mol. The maximum atomic E-state index is 12.7. The number of carbonyl (C=O) groups is 2. The molecule has 0 aliphatic heterocycles. The molecular weight excluding hydrogens is 550 g/mol. The fourth-order valence-electron chi connectivity index (χ4n) is 3.32. The first-order valence-corrected chi connectivity index (χ1v) is 11.1. The Morgan fingerprint density at radius 1 is 0.935 bits per heavy atom. The lowest BCUT2D eigenvalue weighted by Gasteiger charge is -2.14. The van der Waals surface area contributed by atoms with Crippen molar-refractivity contribution in [1.82, 2.24) is 0 Å². The van der Waals surface area contributed by atoms with Crippen LogP contribution in [0.5, 0.6) is 11.5 Å². The van der Waals surface area contributed by atoms with Gasteiger partial charge in [-0.25, -0.2) is 0 Å². The molecule has 0 N–H and O–H groups in total. The van der Waals surface area contributed by atoms with E-state index < -0.39 is 0 Å². The van der Waals surface area contributed by atoms with Gasteiger partial charge in [0.15, 0.2) is 23.1 Å². The van der Waals surface area contributed by atoms with E-state index in [0.717, 1.165) is 9.13 Å². The summed E-state index contributed by atoms with van der Waals surface area (Å²) in [6.45, 7) is 0.274. The zero-order valence-electron chi connectivity index (χ0n) is 16.2.